The van der Waals surface area contributed by atoms with Crippen molar-refractivity contribution in [3.63, 3.8) is 0 Å². The molecule has 6 rings (SSSR count). The average molecular weight is 447 g/mol. The largest absolute Gasteiger partial charge is 0.426 e. The van der Waals surface area contributed by atoms with Crippen LogP contribution >= 0.6 is 20.3 Å². The highest BCUT2D eigenvalue weighted by atomic mass is 32.2. The van der Waals surface area contributed by atoms with Crippen LogP contribution in [0.25, 0.3) is 21.5 Å². The van der Waals surface area contributed by atoms with E-state index in [1.165, 1.54) is 31.3 Å². The van der Waals surface area contributed by atoms with E-state index in [-0.39, 0.29) is 0 Å². The van der Waals surface area contributed by atoms with E-state index in [9.17, 15) is 0 Å². The van der Waals surface area contributed by atoms with E-state index < -0.39 is 8.53 Å². The van der Waals surface area contributed by atoms with Crippen LogP contribution in [0.1, 0.15) is 0 Å². The second kappa shape index (κ2) is 7.99. The van der Waals surface area contributed by atoms with Crippen molar-refractivity contribution in [3.8, 4) is 11.5 Å². The first-order valence-corrected chi connectivity index (χ1v) is 12.5. The molecular formula is C25H23N2O2PS. The molecule has 31 heavy (non-hydrogen) atoms. The van der Waals surface area contributed by atoms with Crippen LogP contribution in [0, 0.1) is 0 Å². The molecule has 0 bridgehead atoms. The van der Waals surface area contributed by atoms with Gasteiger partial charge in [-0.15, -0.1) is 0 Å². The number of hydrogen-bond acceptors (Lipinski definition) is 5. The summed E-state index contributed by atoms with van der Waals surface area (Å²) >= 11 is 1.76. The number of rotatable bonds is 1. The van der Waals surface area contributed by atoms with Gasteiger partial charge in [-0.25, -0.2) is 4.67 Å². The van der Waals surface area contributed by atoms with Crippen molar-refractivity contribution in [1.82, 2.24) is 9.57 Å². The summed E-state index contributed by atoms with van der Waals surface area (Å²) in [5.74, 6) is 1.82. The molecule has 4 nitrogen and oxygen atoms in total. The van der Waals surface area contributed by atoms with Crippen molar-refractivity contribution in [2.75, 3.05) is 33.2 Å². The third-order valence-corrected chi connectivity index (χ3v) is 8.77. The maximum Gasteiger partial charge on any atom is 0.384 e. The summed E-state index contributed by atoms with van der Waals surface area (Å²) in [5, 5.41) is 4.90. The minimum Gasteiger partial charge on any atom is -0.426 e. The Hall–Kier alpha value is -2.30. The molecular weight excluding hydrogens is 423 g/mol. The van der Waals surface area contributed by atoms with Crippen LogP contribution in [0.4, 0.5) is 0 Å². The van der Waals surface area contributed by atoms with Crippen molar-refractivity contribution in [1.29, 1.82) is 0 Å². The molecule has 1 fully saturated rings. The molecule has 6 heteroatoms. The first-order chi connectivity index (χ1) is 15.3. The maximum atomic E-state index is 6.62. The monoisotopic (exact) mass is 446 g/mol. The fraction of sp³-hybridized carbons (Fsp3) is 0.200. The van der Waals surface area contributed by atoms with Crippen LogP contribution in [0.15, 0.2) is 82.6 Å². The van der Waals surface area contributed by atoms with E-state index in [1.54, 1.807) is 11.8 Å². The molecule has 0 N–H and O–H groups in total. The van der Waals surface area contributed by atoms with Crippen LogP contribution < -0.4 is 9.05 Å². The van der Waals surface area contributed by atoms with Gasteiger partial charge in [0.25, 0.3) is 0 Å². The Morgan fingerprint density at radius 2 is 1.19 bits per heavy atom. The van der Waals surface area contributed by atoms with Crippen LogP contribution in [0.2, 0.25) is 0 Å². The number of fused-ring (bicyclic) bond motifs is 6. The van der Waals surface area contributed by atoms with Crippen molar-refractivity contribution in [2.45, 2.75) is 9.79 Å². The Kier molecular flexibility index (Phi) is 5.00. The van der Waals surface area contributed by atoms with Gasteiger partial charge in [-0.1, -0.05) is 72.4 Å². The standard InChI is InChI=1S/C25H23N2O2PS/c1-26-14-16-27(17-15-26)30-28-22-12-10-18-6-2-4-8-20(18)24(22)31-25-21-9-5-3-7-19(21)11-13-23(25)29-30/h2-13H,14-17H2,1H3. The molecule has 0 radical (unpaired) electrons. The second-order valence-corrected chi connectivity index (χ2v) is 10.4. The molecule has 0 atom stereocenters. The second-order valence-electron chi connectivity index (χ2n) is 8.01. The van der Waals surface area contributed by atoms with E-state index >= 15 is 0 Å². The first kappa shape index (κ1) is 19.4. The third kappa shape index (κ3) is 3.56. The van der Waals surface area contributed by atoms with Gasteiger partial charge in [-0.3, -0.25) is 0 Å². The SMILES string of the molecule is CN1CCN(P2Oc3ccc4ccccc4c3Sc3c(ccc4ccccc34)O2)CC1. The summed E-state index contributed by atoms with van der Waals surface area (Å²) in [7, 11) is 0.927. The maximum absolute atomic E-state index is 6.62. The smallest absolute Gasteiger partial charge is 0.384 e. The molecule has 0 aliphatic carbocycles. The van der Waals surface area contributed by atoms with Crippen LogP contribution in [0.3, 0.4) is 0 Å². The molecule has 2 heterocycles. The van der Waals surface area contributed by atoms with Gasteiger partial charge in [0.15, 0.2) is 0 Å². The third-order valence-electron chi connectivity index (χ3n) is 5.95. The molecule has 0 aromatic heterocycles. The Morgan fingerprint density at radius 1 is 0.677 bits per heavy atom. The number of hydrogen-bond donors (Lipinski definition) is 0. The molecule has 1 saturated heterocycles. The topological polar surface area (TPSA) is 24.9 Å². The van der Waals surface area contributed by atoms with Crippen LogP contribution in [-0.2, 0) is 0 Å². The van der Waals surface area contributed by atoms with Crippen LogP contribution in [-0.4, -0.2) is 42.8 Å². The van der Waals surface area contributed by atoms with Crippen LogP contribution in [0.5, 0.6) is 11.5 Å². The first-order valence-electron chi connectivity index (χ1n) is 10.6. The summed E-state index contributed by atoms with van der Waals surface area (Å²) < 4.78 is 15.6. The predicted octanol–water partition coefficient (Wildman–Crippen LogP) is 6.39. The lowest BCUT2D eigenvalue weighted by Gasteiger charge is -2.36. The average Bonchev–Trinajstić information content (AvgIpc) is 2.80. The van der Waals surface area contributed by atoms with E-state index in [0.717, 1.165) is 37.7 Å². The molecule has 156 valence electrons. The molecule has 0 spiro atoms. The molecule has 4 aromatic rings. The van der Waals surface area contributed by atoms with Crippen molar-refractivity contribution < 1.29 is 9.05 Å². The van der Waals surface area contributed by atoms with Gasteiger partial charge in [0.05, 0.1) is 9.79 Å². The molecule has 2 aliphatic heterocycles. The van der Waals surface area contributed by atoms with Crippen molar-refractivity contribution in [3.05, 3.63) is 72.8 Å². The summed E-state index contributed by atoms with van der Waals surface area (Å²) in [4.78, 5) is 4.69. The van der Waals surface area contributed by atoms with Gasteiger partial charge < -0.3 is 13.9 Å². The zero-order chi connectivity index (χ0) is 20.8. The molecule has 4 aromatic carbocycles. The Morgan fingerprint density at radius 3 is 1.74 bits per heavy atom. The number of nitrogens with zero attached hydrogens (tertiary/aromatic N) is 2. The van der Waals surface area contributed by atoms with Gasteiger partial charge >= 0.3 is 8.53 Å². The summed E-state index contributed by atoms with van der Waals surface area (Å²) in [6, 6.07) is 25.6. The number of piperazine rings is 1. The Labute approximate surface area is 187 Å². The number of benzene rings is 4. The van der Waals surface area contributed by atoms with E-state index in [2.05, 4.69) is 89.4 Å². The lowest BCUT2D eigenvalue weighted by atomic mass is 10.1. The van der Waals surface area contributed by atoms with Gasteiger partial charge in [-0.05, 0) is 40.7 Å². The van der Waals surface area contributed by atoms with Crippen molar-refractivity contribution in [2.24, 2.45) is 0 Å². The van der Waals surface area contributed by atoms with Gasteiger partial charge in [-0.2, -0.15) is 0 Å². The number of likely N-dealkylation sites (N-methyl/N-ethyl adjacent to an activating group) is 1. The lowest BCUT2D eigenvalue weighted by Crippen LogP contribution is -2.43. The summed E-state index contributed by atoms with van der Waals surface area (Å²) in [6.45, 7) is 3.94. The minimum atomic E-state index is -1.24. The summed E-state index contributed by atoms with van der Waals surface area (Å²) in [6.07, 6.45) is 0. The normalized spacial score (nSPS) is 18.0. The van der Waals surface area contributed by atoms with E-state index in [4.69, 9.17) is 9.05 Å². The Balaban J connectivity index is 1.54. The lowest BCUT2D eigenvalue weighted by molar-refractivity contribution is 0.208. The summed E-state index contributed by atoms with van der Waals surface area (Å²) in [5.41, 5.74) is 0. The van der Waals surface area contributed by atoms with E-state index in [0.29, 0.717) is 0 Å². The quantitative estimate of drug-likeness (QED) is 0.316. The highest BCUT2D eigenvalue weighted by Crippen LogP contribution is 2.55. The fourth-order valence-corrected chi connectivity index (χ4v) is 6.92. The minimum absolute atomic E-state index is 0.910. The zero-order valence-electron chi connectivity index (χ0n) is 17.3. The molecule has 2 aliphatic rings. The fourth-order valence-electron chi connectivity index (χ4n) is 4.16. The predicted molar refractivity (Wildman–Crippen MR) is 129 cm³/mol. The zero-order valence-corrected chi connectivity index (χ0v) is 19.0. The van der Waals surface area contributed by atoms with Gasteiger partial charge in [0.1, 0.15) is 11.5 Å². The van der Waals surface area contributed by atoms with Gasteiger partial charge in [0.2, 0.25) is 0 Å². The molecule has 0 unspecified atom stereocenters. The molecule has 0 amide bonds. The Bertz CT molecular complexity index is 1190. The van der Waals surface area contributed by atoms with Crippen molar-refractivity contribution >= 4 is 41.8 Å². The van der Waals surface area contributed by atoms with E-state index in [1.807, 2.05) is 0 Å². The van der Waals surface area contributed by atoms with Gasteiger partial charge in [0, 0.05) is 26.2 Å². The molecule has 0 saturated carbocycles. The highest BCUT2D eigenvalue weighted by molar-refractivity contribution is 8.00. The highest BCUT2D eigenvalue weighted by Gasteiger charge is 2.32.